The summed E-state index contributed by atoms with van der Waals surface area (Å²) in [7, 11) is -3.64. The number of rotatable bonds is 7. The van der Waals surface area contributed by atoms with Crippen molar-refractivity contribution in [1.29, 1.82) is 0 Å². The molecule has 1 aromatic carbocycles. The lowest BCUT2D eigenvalue weighted by Gasteiger charge is -2.34. The number of benzene rings is 1. The monoisotopic (exact) mass is 368 g/mol. The van der Waals surface area contributed by atoms with Crippen molar-refractivity contribution in [2.24, 2.45) is 17.0 Å². The molecular formula is C18H30N3O3S+. The van der Waals surface area contributed by atoms with Gasteiger partial charge in [-0.2, -0.15) is 0 Å². The van der Waals surface area contributed by atoms with Gasteiger partial charge in [0.1, 0.15) is 0 Å². The summed E-state index contributed by atoms with van der Waals surface area (Å²) in [6.45, 7) is 5.69. The van der Waals surface area contributed by atoms with Gasteiger partial charge in [-0.15, -0.1) is 0 Å². The Kier molecular flexibility index (Phi) is 6.98. The van der Waals surface area contributed by atoms with Crippen molar-refractivity contribution in [2.45, 2.75) is 50.5 Å². The molecular weight excluding hydrogens is 338 g/mol. The Morgan fingerprint density at radius 3 is 2.56 bits per heavy atom. The summed E-state index contributed by atoms with van der Waals surface area (Å²) in [5.41, 5.74) is 1.03. The Hall–Kier alpha value is -1.44. The number of hydrogen-bond acceptors (Lipinski definition) is 3. The van der Waals surface area contributed by atoms with Gasteiger partial charge in [-0.1, -0.05) is 38.8 Å². The minimum atomic E-state index is -3.64. The number of primary sulfonamides is 1. The molecule has 1 aliphatic rings. The third-order valence-electron chi connectivity index (χ3n) is 5.27. The number of nitrogens with two attached hydrogens (primary N) is 2. The van der Waals surface area contributed by atoms with E-state index in [0.29, 0.717) is 24.4 Å². The van der Waals surface area contributed by atoms with E-state index < -0.39 is 10.0 Å². The first-order chi connectivity index (χ1) is 11.8. The lowest BCUT2D eigenvalue weighted by Crippen LogP contribution is -2.87. The van der Waals surface area contributed by atoms with Gasteiger partial charge in [-0.05, 0) is 36.0 Å². The number of carbonyl (C=O) groups excluding carboxylic acids is 1. The largest absolute Gasteiger partial charge is 0.348 e. The standard InChI is InChI=1S/C18H29N3O3S/c1-13-4-3-5-17(14(13)2)21-18(22)12-20-11-10-15-6-8-16(9-7-15)25(19,23)24/h6-9,13-14,17,20H,3-5,10-12H2,1-2H3,(H,21,22)(H2,19,23,24)/p+1/t13-,14+,17-/m0/s1. The van der Waals surface area contributed by atoms with Crippen molar-refractivity contribution >= 4 is 15.9 Å². The summed E-state index contributed by atoms with van der Waals surface area (Å²) < 4.78 is 22.4. The number of nitrogens with one attached hydrogen (secondary N) is 1. The molecule has 0 aromatic heterocycles. The van der Waals surface area contributed by atoms with Crippen LogP contribution in [0.25, 0.3) is 0 Å². The molecule has 0 unspecified atom stereocenters. The van der Waals surface area contributed by atoms with Gasteiger partial charge in [0.2, 0.25) is 10.0 Å². The minimum Gasteiger partial charge on any atom is -0.348 e. The molecule has 1 aliphatic carbocycles. The van der Waals surface area contributed by atoms with Crippen LogP contribution >= 0.6 is 0 Å². The topological polar surface area (TPSA) is 106 Å². The molecule has 0 saturated heterocycles. The highest BCUT2D eigenvalue weighted by molar-refractivity contribution is 7.89. The van der Waals surface area contributed by atoms with E-state index in [4.69, 9.17) is 5.14 Å². The van der Waals surface area contributed by atoms with Gasteiger partial charge in [0.15, 0.2) is 6.54 Å². The van der Waals surface area contributed by atoms with Crippen LogP contribution < -0.4 is 15.8 Å². The maximum absolute atomic E-state index is 12.1. The molecule has 0 radical (unpaired) electrons. The van der Waals surface area contributed by atoms with Gasteiger partial charge in [0.25, 0.3) is 5.91 Å². The Balaban J connectivity index is 1.69. The zero-order chi connectivity index (χ0) is 18.4. The average molecular weight is 369 g/mol. The van der Waals surface area contributed by atoms with Crippen LogP contribution in [0.4, 0.5) is 0 Å². The van der Waals surface area contributed by atoms with Gasteiger partial charge < -0.3 is 10.6 Å². The highest BCUT2D eigenvalue weighted by Gasteiger charge is 2.28. The van der Waals surface area contributed by atoms with E-state index >= 15 is 0 Å². The van der Waals surface area contributed by atoms with E-state index in [0.717, 1.165) is 24.9 Å². The molecule has 1 saturated carbocycles. The molecule has 7 heteroatoms. The third-order valence-corrected chi connectivity index (χ3v) is 6.20. The fraction of sp³-hybridized carbons (Fsp3) is 0.611. The first-order valence-corrected chi connectivity index (χ1v) is 10.5. The maximum atomic E-state index is 12.1. The summed E-state index contributed by atoms with van der Waals surface area (Å²) in [5, 5.41) is 10.2. The van der Waals surface area contributed by atoms with Crippen molar-refractivity contribution in [1.82, 2.24) is 5.32 Å². The summed E-state index contributed by atoms with van der Waals surface area (Å²) in [6.07, 6.45) is 4.29. The zero-order valence-corrected chi connectivity index (χ0v) is 15.9. The van der Waals surface area contributed by atoms with E-state index in [1.165, 1.54) is 25.0 Å². The molecule has 3 atom stereocenters. The van der Waals surface area contributed by atoms with Crippen LogP contribution in [0.5, 0.6) is 0 Å². The molecule has 0 aliphatic heterocycles. The number of hydrogen-bond donors (Lipinski definition) is 3. The second-order valence-electron chi connectivity index (χ2n) is 7.16. The third kappa shape index (κ3) is 6.09. The number of amides is 1. The molecule has 5 N–H and O–H groups in total. The van der Waals surface area contributed by atoms with Crippen LogP contribution in [0.3, 0.4) is 0 Å². The molecule has 140 valence electrons. The quantitative estimate of drug-likeness (QED) is 0.606. The molecule has 25 heavy (non-hydrogen) atoms. The molecule has 1 aromatic rings. The lowest BCUT2D eigenvalue weighted by molar-refractivity contribution is -0.643. The van der Waals surface area contributed by atoms with Gasteiger partial charge in [-0.25, -0.2) is 13.6 Å². The van der Waals surface area contributed by atoms with E-state index in [2.05, 4.69) is 19.2 Å². The summed E-state index contributed by atoms with van der Waals surface area (Å²) in [5.74, 6) is 1.30. The predicted molar refractivity (Wildman–Crippen MR) is 97.3 cm³/mol. The molecule has 0 bridgehead atoms. The second-order valence-corrected chi connectivity index (χ2v) is 8.72. The summed E-state index contributed by atoms with van der Waals surface area (Å²) in [6, 6.07) is 6.86. The minimum absolute atomic E-state index is 0.0931. The van der Waals surface area contributed by atoms with Crippen LogP contribution in [0.15, 0.2) is 29.2 Å². The molecule has 6 nitrogen and oxygen atoms in total. The van der Waals surface area contributed by atoms with Crippen molar-refractivity contribution in [3.63, 3.8) is 0 Å². The van der Waals surface area contributed by atoms with Crippen molar-refractivity contribution < 1.29 is 18.5 Å². The van der Waals surface area contributed by atoms with Gasteiger partial charge >= 0.3 is 0 Å². The van der Waals surface area contributed by atoms with Gasteiger partial charge in [0.05, 0.1) is 11.4 Å². The van der Waals surface area contributed by atoms with Crippen LogP contribution in [-0.2, 0) is 21.2 Å². The molecule has 1 fully saturated rings. The van der Waals surface area contributed by atoms with E-state index in [-0.39, 0.29) is 10.8 Å². The Bertz CT molecular complexity index is 673. The normalized spacial score (nSPS) is 24.0. The summed E-state index contributed by atoms with van der Waals surface area (Å²) in [4.78, 5) is 12.2. The van der Waals surface area contributed by atoms with Crippen LogP contribution in [0.2, 0.25) is 0 Å². The first kappa shape index (κ1) is 19.9. The second kappa shape index (κ2) is 8.78. The maximum Gasteiger partial charge on any atom is 0.275 e. The summed E-state index contributed by atoms with van der Waals surface area (Å²) >= 11 is 0. The SMILES string of the molecule is C[C@H]1[C@@H](NC(=O)C[NH2+]CCc2ccc(S(N)(=O)=O)cc2)CCC[C@@H]1C. The number of quaternary nitrogens is 1. The Labute approximate surface area is 150 Å². The van der Waals surface area contributed by atoms with E-state index in [1.54, 1.807) is 12.1 Å². The average Bonchev–Trinajstić information content (AvgIpc) is 2.55. The van der Waals surface area contributed by atoms with Crippen LogP contribution in [0, 0.1) is 11.8 Å². The predicted octanol–water partition coefficient (Wildman–Crippen LogP) is 0.381. The van der Waals surface area contributed by atoms with Crippen LogP contribution in [0.1, 0.15) is 38.7 Å². The number of sulfonamides is 1. The molecule has 0 spiro atoms. The highest BCUT2D eigenvalue weighted by Crippen LogP contribution is 2.29. The smallest absolute Gasteiger partial charge is 0.275 e. The lowest BCUT2D eigenvalue weighted by atomic mass is 9.78. The zero-order valence-electron chi connectivity index (χ0n) is 15.1. The van der Waals surface area contributed by atoms with Crippen molar-refractivity contribution in [2.75, 3.05) is 13.1 Å². The highest BCUT2D eigenvalue weighted by atomic mass is 32.2. The molecule has 2 rings (SSSR count). The van der Waals surface area contributed by atoms with Crippen molar-refractivity contribution in [3.05, 3.63) is 29.8 Å². The first-order valence-electron chi connectivity index (χ1n) is 9.00. The van der Waals surface area contributed by atoms with Gasteiger partial charge in [-0.3, -0.25) is 4.79 Å². The van der Waals surface area contributed by atoms with Crippen molar-refractivity contribution in [3.8, 4) is 0 Å². The van der Waals surface area contributed by atoms with E-state index in [9.17, 15) is 13.2 Å². The molecule has 1 amide bonds. The Morgan fingerprint density at radius 1 is 1.24 bits per heavy atom. The Morgan fingerprint density at radius 2 is 1.92 bits per heavy atom. The molecule has 0 heterocycles. The number of carbonyl (C=O) groups is 1. The fourth-order valence-corrected chi connectivity index (χ4v) is 3.91. The van der Waals surface area contributed by atoms with Gasteiger partial charge in [0, 0.05) is 12.5 Å². The van der Waals surface area contributed by atoms with E-state index in [1.807, 2.05) is 5.32 Å². The van der Waals surface area contributed by atoms with Crippen LogP contribution in [-0.4, -0.2) is 33.5 Å². The fourth-order valence-electron chi connectivity index (χ4n) is 3.40.